The van der Waals surface area contributed by atoms with E-state index in [0.29, 0.717) is 18.2 Å². The third-order valence-corrected chi connectivity index (χ3v) is 3.20. The molecule has 0 spiro atoms. The molecule has 0 fully saturated rings. The van der Waals surface area contributed by atoms with E-state index in [0.717, 1.165) is 17.3 Å². The van der Waals surface area contributed by atoms with Crippen molar-refractivity contribution in [3.63, 3.8) is 0 Å². The van der Waals surface area contributed by atoms with Crippen molar-refractivity contribution in [2.75, 3.05) is 6.61 Å². The van der Waals surface area contributed by atoms with Gasteiger partial charge in [-0.2, -0.15) is 0 Å². The summed E-state index contributed by atoms with van der Waals surface area (Å²) in [5.74, 6) is 1.63. The van der Waals surface area contributed by atoms with Gasteiger partial charge in [-0.3, -0.25) is 0 Å². The minimum absolute atomic E-state index is 0.481. The van der Waals surface area contributed by atoms with E-state index < -0.39 is 0 Å². The standard InChI is InChI=1S/C15H17ClN2O/c1-10-5-4-6-13(12(10)3)19-8-7-15-17-11(2)9-14(16)18-15/h4-6,9H,7-8H2,1-3H3. The van der Waals surface area contributed by atoms with E-state index in [1.807, 2.05) is 19.1 Å². The molecule has 0 aliphatic heterocycles. The molecule has 19 heavy (non-hydrogen) atoms. The molecular formula is C15H17ClN2O. The van der Waals surface area contributed by atoms with Crippen molar-refractivity contribution in [3.05, 3.63) is 52.1 Å². The molecule has 2 rings (SSSR count). The molecule has 0 N–H and O–H groups in total. The first-order valence-corrected chi connectivity index (χ1v) is 6.63. The second-order valence-electron chi connectivity index (χ2n) is 4.54. The third-order valence-electron chi connectivity index (χ3n) is 3.01. The van der Waals surface area contributed by atoms with E-state index >= 15 is 0 Å². The number of rotatable bonds is 4. The summed E-state index contributed by atoms with van der Waals surface area (Å²) in [5.41, 5.74) is 3.28. The SMILES string of the molecule is Cc1cc(Cl)nc(CCOc2cccc(C)c2C)n1. The topological polar surface area (TPSA) is 35.0 Å². The van der Waals surface area contributed by atoms with Gasteiger partial charge in [-0.15, -0.1) is 0 Å². The first kappa shape index (κ1) is 13.8. The Morgan fingerprint density at radius 3 is 2.68 bits per heavy atom. The molecule has 2 aromatic rings. The van der Waals surface area contributed by atoms with Crippen molar-refractivity contribution in [2.24, 2.45) is 0 Å². The van der Waals surface area contributed by atoms with Crippen LogP contribution in [-0.4, -0.2) is 16.6 Å². The number of aryl methyl sites for hydroxylation is 2. The second kappa shape index (κ2) is 6.02. The van der Waals surface area contributed by atoms with Crippen LogP contribution in [0, 0.1) is 20.8 Å². The van der Waals surface area contributed by atoms with E-state index in [1.54, 1.807) is 6.07 Å². The van der Waals surface area contributed by atoms with Crippen LogP contribution in [0.2, 0.25) is 5.15 Å². The van der Waals surface area contributed by atoms with Gasteiger partial charge in [0.05, 0.1) is 6.61 Å². The minimum Gasteiger partial charge on any atom is -0.493 e. The van der Waals surface area contributed by atoms with Gasteiger partial charge in [-0.1, -0.05) is 23.7 Å². The van der Waals surface area contributed by atoms with Gasteiger partial charge in [-0.25, -0.2) is 9.97 Å². The van der Waals surface area contributed by atoms with Crippen LogP contribution in [0.3, 0.4) is 0 Å². The summed E-state index contributed by atoms with van der Waals surface area (Å²) in [6.45, 7) is 6.59. The summed E-state index contributed by atoms with van der Waals surface area (Å²) in [6, 6.07) is 7.80. The van der Waals surface area contributed by atoms with E-state index in [9.17, 15) is 0 Å². The zero-order valence-electron chi connectivity index (χ0n) is 11.4. The number of benzene rings is 1. The lowest BCUT2D eigenvalue weighted by molar-refractivity contribution is 0.316. The lowest BCUT2D eigenvalue weighted by Crippen LogP contribution is -2.06. The molecule has 3 nitrogen and oxygen atoms in total. The average molecular weight is 277 g/mol. The van der Waals surface area contributed by atoms with Crippen LogP contribution in [0.1, 0.15) is 22.6 Å². The van der Waals surface area contributed by atoms with E-state index in [1.165, 1.54) is 11.1 Å². The van der Waals surface area contributed by atoms with Gasteiger partial charge in [0, 0.05) is 12.1 Å². The summed E-state index contributed by atoms with van der Waals surface area (Å²) in [4.78, 5) is 8.51. The van der Waals surface area contributed by atoms with Crippen LogP contribution in [0.15, 0.2) is 24.3 Å². The van der Waals surface area contributed by atoms with E-state index in [4.69, 9.17) is 16.3 Å². The van der Waals surface area contributed by atoms with Gasteiger partial charge in [-0.05, 0) is 44.0 Å². The summed E-state index contributed by atoms with van der Waals surface area (Å²) in [7, 11) is 0. The Morgan fingerprint density at radius 1 is 1.16 bits per heavy atom. The maximum atomic E-state index is 5.90. The highest BCUT2D eigenvalue weighted by Gasteiger charge is 2.04. The maximum absolute atomic E-state index is 5.90. The Balaban J connectivity index is 1.98. The van der Waals surface area contributed by atoms with Crippen LogP contribution in [0.25, 0.3) is 0 Å². The van der Waals surface area contributed by atoms with Crippen LogP contribution >= 0.6 is 11.6 Å². The Hall–Kier alpha value is -1.61. The molecule has 1 aromatic carbocycles. The molecule has 0 amide bonds. The predicted octanol–water partition coefficient (Wildman–Crippen LogP) is 3.68. The molecule has 0 saturated heterocycles. The number of halogens is 1. The lowest BCUT2D eigenvalue weighted by Gasteiger charge is -2.10. The molecule has 100 valence electrons. The largest absolute Gasteiger partial charge is 0.493 e. The Morgan fingerprint density at radius 2 is 1.95 bits per heavy atom. The molecule has 0 aliphatic rings. The number of aromatic nitrogens is 2. The Kier molecular flexibility index (Phi) is 4.38. The maximum Gasteiger partial charge on any atom is 0.133 e. The number of hydrogen-bond acceptors (Lipinski definition) is 3. The molecular weight excluding hydrogens is 260 g/mol. The van der Waals surface area contributed by atoms with Crippen molar-refractivity contribution in [3.8, 4) is 5.75 Å². The van der Waals surface area contributed by atoms with Crippen molar-refractivity contribution in [1.29, 1.82) is 0 Å². The Labute approximate surface area is 118 Å². The first-order chi connectivity index (χ1) is 9.06. The molecule has 0 bridgehead atoms. The third kappa shape index (κ3) is 3.67. The van der Waals surface area contributed by atoms with Crippen molar-refractivity contribution in [1.82, 2.24) is 9.97 Å². The quantitative estimate of drug-likeness (QED) is 0.799. The molecule has 0 radical (unpaired) electrons. The Bertz CT molecular complexity index is 564. The summed E-state index contributed by atoms with van der Waals surface area (Å²) in [5, 5.41) is 0.481. The van der Waals surface area contributed by atoms with Crippen LogP contribution in [0.4, 0.5) is 0 Å². The van der Waals surface area contributed by atoms with Gasteiger partial charge in [0.2, 0.25) is 0 Å². The molecule has 1 heterocycles. The highest BCUT2D eigenvalue weighted by Crippen LogP contribution is 2.20. The van der Waals surface area contributed by atoms with Gasteiger partial charge in [0.1, 0.15) is 16.7 Å². The fourth-order valence-corrected chi connectivity index (χ4v) is 2.09. The normalized spacial score (nSPS) is 10.5. The van der Waals surface area contributed by atoms with Crippen molar-refractivity contribution in [2.45, 2.75) is 27.2 Å². The smallest absolute Gasteiger partial charge is 0.133 e. The molecule has 1 aromatic heterocycles. The second-order valence-corrected chi connectivity index (χ2v) is 4.93. The van der Waals surface area contributed by atoms with Crippen LogP contribution < -0.4 is 4.74 Å². The summed E-state index contributed by atoms with van der Waals surface area (Å²) in [6.07, 6.45) is 0.648. The van der Waals surface area contributed by atoms with Gasteiger partial charge in [0.25, 0.3) is 0 Å². The molecule has 0 unspecified atom stereocenters. The van der Waals surface area contributed by atoms with Gasteiger partial charge < -0.3 is 4.74 Å². The molecule has 4 heteroatoms. The van der Waals surface area contributed by atoms with Crippen LogP contribution in [0.5, 0.6) is 5.75 Å². The van der Waals surface area contributed by atoms with Gasteiger partial charge in [0.15, 0.2) is 0 Å². The molecule has 0 aliphatic carbocycles. The summed E-state index contributed by atoms with van der Waals surface area (Å²) < 4.78 is 5.78. The number of ether oxygens (including phenoxy) is 1. The van der Waals surface area contributed by atoms with Gasteiger partial charge >= 0.3 is 0 Å². The lowest BCUT2D eigenvalue weighted by atomic mass is 10.1. The zero-order chi connectivity index (χ0) is 13.8. The fraction of sp³-hybridized carbons (Fsp3) is 0.333. The monoisotopic (exact) mass is 276 g/mol. The highest BCUT2D eigenvalue weighted by molar-refractivity contribution is 6.29. The molecule has 0 atom stereocenters. The van der Waals surface area contributed by atoms with Crippen molar-refractivity contribution < 1.29 is 4.74 Å². The van der Waals surface area contributed by atoms with E-state index in [-0.39, 0.29) is 0 Å². The van der Waals surface area contributed by atoms with E-state index in [2.05, 4.69) is 29.9 Å². The number of hydrogen-bond donors (Lipinski definition) is 0. The fourth-order valence-electron chi connectivity index (χ4n) is 1.83. The molecule has 0 saturated carbocycles. The first-order valence-electron chi connectivity index (χ1n) is 6.25. The number of nitrogens with zero attached hydrogens (tertiary/aromatic N) is 2. The minimum atomic E-state index is 0.481. The zero-order valence-corrected chi connectivity index (χ0v) is 12.2. The predicted molar refractivity (Wildman–Crippen MR) is 76.9 cm³/mol. The van der Waals surface area contributed by atoms with Crippen LogP contribution in [-0.2, 0) is 6.42 Å². The summed E-state index contributed by atoms with van der Waals surface area (Å²) >= 11 is 5.90. The van der Waals surface area contributed by atoms with Crippen molar-refractivity contribution >= 4 is 11.6 Å². The highest BCUT2D eigenvalue weighted by atomic mass is 35.5. The average Bonchev–Trinajstić information content (AvgIpc) is 2.33.